The summed E-state index contributed by atoms with van der Waals surface area (Å²) in [6, 6.07) is 22.4. The fourth-order valence-corrected chi connectivity index (χ4v) is 7.73. The van der Waals surface area contributed by atoms with Crippen LogP contribution >= 0.6 is 11.6 Å². The molecular formula is C39H38ClN5O4. The van der Waals surface area contributed by atoms with Gasteiger partial charge in [-0.2, -0.15) is 0 Å². The minimum Gasteiger partial charge on any atom is -0.396 e. The number of nitrogens with zero attached hydrogens (tertiary/aromatic N) is 2. The molecule has 0 spiro atoms. The number of hydrogen-bond donors (Lipinski definition) is 4. The fraction of sp³-hybridized carbons (Fsp3) is 0.282. The second-order valence-corrected chi connectivity index (χ2v) is 13.5. The second-order valence-electron chi connectivity index (χ2n) is 13.2. The molecule has 49 heavy (non-hydrogen) atoms. The number of nitrogens with one attached hydrogen (secondary N) is 2. The summed E-state index contributed by atoms with van der Waals surface area (Å²) < 4.78 is 1.56. The van der Waals surface area contributed by atoms with E-state index in [1.807, 2.05) is 36.4 Å². The Morgan fingerprint density at radius 3 is 2.51 bits per heavy atom. The van der Waals surface area contributed by atoms with E-state index in [4.69, 9.17) is 17.3 Å². The number of benzene rings is 3. The van der Waals surface area contributed by atoms with Crippen LogP contribution in [0.4, 0.5) is 0 Å². The van der Waals surface area contributed by atoms with E-state index in [-0.39, 0.29) is 30.0 Å². The largest absolute Gasteiger partial charge is 0.396 e. The van der Waals surface area contributed by atoms with Gasteiger partial charge in [-0.05, 0) is 83.2 Å². The Labute approximate surface area is 289 Å². The van der Waals surface area contributed by atoms with Crippen LogP contribution in [0, 0.1) is 18.8 Å². The Kier molecular flexibility index (Phi) is 9.07. The Balaban J connectivity index is 1.14. The molecule has 3 atom stereocenters. The van der Waals surface area contributed by atoms with Gasteiger partial charge < -0.3 is 21.5 Å². The lowest BCUT2D eigenvalue weighted by molar-refractivity contribution is -0.124. The number of fused-ring (bicyclic) bond motifs is 2. The standard InChI is InChI=1S/C39H38ClN5O4/c1-22-30(25-12-13-45-35(17-25)43-19-28(39(45)49)18-42-20-29-10-11-36(47)44-29)4-2-5-31(22)33-7-3-6-32(37(33)40)24-9-8-23-14-27(16-26(23)15-24)34(21-46)38(41)48/h2-9,12-13,15,17,19,27,29,34,42,46H,10-11,14,16,18,20-21H2,1H3,(H2,41,48)(H,44,47)/t27-,29-,34?/m1/s1. The van der Waals surface area contributed by atoms with Crippen molar-refractivity contribution in [1.82, 2.24) is 20.0 Å². The van der Waals surface area contributed by atoms with Gasteiger partial charge in [0.15, 0.2) is 0 Å². The van der Waals surface area contributed by atoms with Crippen LogP contribution in [0.2, 0.25) is 5.02 Å². The maximum absolute atomic E-state index is 13.3. The molecule has 5 N–H and O–H groups in total. The molecule has 2 aliphatic rings. The third-order valence-electron chi connectivity index (χ3n) is 10.1. The van der Waals surface area contributed by atoms with Crippen molar-refractivity contribution in [3.63, 3.8) is 0 Å². The second kappa shape index (κ2) is 13.6. The minimum atomic E-state index is -0.559. The number of nitrogens with two attached hydrogens (primary N) is 1. The van der Waals surface area contributed by atoms with E-state index >= 15 is 0 Å². The summed E-state index contributed by atoms with van der Waals surface area (Å²) in [7, 11) is 0. The number of hydrogen-bond acceptors (Lipinski definition) is 6. The Morgan fingerprint density at radius 1 is 1.02 bits per heavy atom. The van der Waals surface area contributed by atoms with Crippen molar-refractivity contribution in [3.8, 4) is 33.4 Å². The number of pyridine rings is 1. The summed E-state index contributed by atoms with van der Waals surface area (Å²) in [5.41, 5.74) is 15.7. The van der Waals surface area contributed by atoms with Crippen molar-refractivity contribution in [2.75, 3.05) is 13.2 Å². The smallest absolute Gasteiger partial charge is 0.262 e. The lowest BCUT2D eigenvalue weighted by Crippen LogP contribution is -2.36. The molecule has 5 aromatic rings. The number of carbonyl (C=O) groups is 2. The van der Waals surface area contributed by atoms with Gasteiger partial charge in [-0.3, -0.25) is 18.8 Å². The van der Waals surface area contributed by atoms with Crippen LogP contribution in [-0.4, -0.2) is 45.5 Å². The maximum Gasteiger partial charge on any atom is 0.262 e. The zero-order valence-corrected chi connectivity index (χ0v) is 28.0. The molecule has 1 aliphatic heterocycles. The number of primary amides is 1. The van der Waals surface area contributed by atoms with Gasteiger partial charge in [0.1, 0.15) is 5.65 Å². The Bertz CT molecular complexity index is 2160. The lowest BCUT2D eigenvalue weighted by Gasteiger charge is -2.17. The summed E-state index contributed by atoms with van der Waals surface area (Å²) >= 11 is 7.17. The van der Waals surface area contributed by atoms with E-state index in [9.17, 15) is 19.5 Å². The third-order valence-corrected chi connectivity index (χ3v) is 10.5. The van der Waals surface area contributed by atoms with E-state index in [0.717, 1.165) is 50.9 Å². The SMILES string of the molecule is Cc1c(-c2ccn3c(=O)c(CNC[C@H]4CCC(=O)N4)cnc3c2)cccc1-c1cccc(-c2ccc3c(c2)C[C@H](C(CO)C(N)=O)C3)c1Cl. The van der Waals surface area contributed by atoms with E-state index in [2.05, 4.69) is 52.9 Å². The molecule has 1 saturated heterocycles. The first-order chi connectivity index (χ1) is 23.7. The van der Waals surface area contributed by atoms with Gasteiger partial charge in [0.25, 0.3) is 5.56 Å². The molecule has 250 valence electrons. The van der Waals surface area contributed by atoms with E-state index in [0.29, 0.717) is 48.6 Å². The molecule has 10 heteroatoms. The van der Waals surface area contributed by atoms with Crippen LogP contribution in [0.15, 0.2) is 83.9 Å². The van der Waals surface area contributed by atoms with Crippen molar-refractivity contribution in [2.45, 2.75) is 45.2 Å². The zero-order valence-electron chi connectivity index (χ0n) is 27.2. The Morgan fingerprint density at radius 2 is 1.76 bits per heavy atom. The first-order valence-electron chi connectivity index (χ1n) is 16.6. The van der Waals surface area contributed by atoms with Crippen molar-refractivity contribution >= 4 is 29.1 Å². The van der Waals surface area contributed by atoms with Gasteiger partial charge in [0.2, 0.25) is 11.8 Å². The van der Waals surface area contributed by atoms with E-state index < -0.39 is 11.8 Å². The van der Waals surface area contributed by atoms with Crippen molar-refractivity contribution in [1.29, 1.82) is 0 Å². The number of halogens is 1. The number of amides is 2. The molecule has 3 aromatic carbocycles. The zero-order chi connectivity index (χ0) is 34.2. The van der Waals surface area contributed by atoms with Crippen LogP contribution < -0.4 is 21.9 Å². The quantitative estimate of drug-likeness (QED) is 0.167. The Hall–Kier alpha value is -4.83. The number of aromatic nitrogens is 2. The van der Waals surface area contributed by atoms with Crippen molar-refractivity contribution < 1.29 is 14.7 Å². The predicted molar refractivity (Wildman–Crippen MR) is 191 cm³/mol. The normalized spacial score (nSPS) is 17.7. The average molecular weight is 676 g/mol. The number of aliphatic hydroxyl groups is 1. The van der Waals surface area contributed by atoms with Gasteiger partial charge in [0.05, 0.1) is 17.5 Å². The molecule has 0 bridgehead atoms. The summed E-state index contributed by atoms with van der Waals surface area (Å²) in [5, 5.41) is 16.6. The van der Waals surface area contributed by atoms with Gasteiger partial charge in [0, 0.05) is 54.6 Å². The molecule has 1 unspecified atom stereocenters. The first-order valence-corrected chi connectivity index (χ1v) is 17.0. The number of rotatable bonds is 10. The molecule has 9 nitrogen and oxygen atoms in total. The van der Waals surface area contributed by atoms with Crippen LogP contribution in [0.3, 0.4) is 0 Å². The van der Waals surface area contributed by atoms with Crippen molar-refractivity contribution in [3.05, 3.63) is 117 Å². The molecule has 7 rings (SSSR count). The maximum atomic E-state index is 13.3. The number of carbonyl (C=O) groups excluding carboxylic acids is 2. The molecule has 0 saturated carbocycles. The van der Waals surface area contributed by atoms with Crippen LogP contribution in [0.1, 0.15) is 35.1 Å². The van der Waals surface area contributed by atoms with Gasteiger partial charge >= 0.3 is 0 Å². The summed E-state index contributed by atoms with van der Waals surface area (Å²) in [4.78, 5) is 41.2. The highest BCUT2D eigenvalue weighted by molar-refractivity contribution is 6.36. The highest BCUT2D eigenvalue weighted by Crippen LogP contribution is 2.41. The van der Waals surface area contributed by atoms with Gasteiger partial charge in [-0.25, -0.2) is 4.98 Å². The average Bonchev–Trinajstić information content (AvgIpc) is 3.71. The first kappa shape index (κ1) is 32.7. The molecular weight excluding hydrogens is 638 g/mol. The summed E-state index contributed by atoms with van der Waals surface area (Å²) in [6.07, 6.45) is 6.13. The summed E-state index contributed by atoms with van der Waals surface area (Å²) in [6.45, 7) is 2.80. The fourth-order valence-electron chi connectivity index (χ4n) is 7.39. The summed E-state index contributed by atoms with van der Waals surface area (Å²) in [5.74, 6) is -0.968. The van der Waals surface area contributed by atoms with Crippen LogP contribution in [0.5, 0.6) is 0 Å². The van der Waals surface area contributed by atoms with Gasteiger partial charge in [-0.1, -0.05) is 66.2 Å². The molecule has 1 fully saturated rings. The predicted octanol–water partition coefficient (Wildman–Crippen LogP) is 4.83. The number of aliphatic hydroxyl groups excluding tert-OH is 1. The monoisotopic (exact) mass is 675 g/mol. The molecule has 2 amide bonds. The molecule has 0 radical (unpaired) electrons. The molecule has 2 aromatic heterocycles. The minimum absolute atomic E-state index is 0.0130. The van der Waals surface area contributed by atoms with E-state index in [1.165, 1.54) is 5.56 Å². The van der Waals surface area contributed by atoms with Crippen molar-refractivity contribution in [2.24, 2.45) is 17.6 Å². The van der Waals surface area contributed by atoms with Crippen LogP contribution in [-0.2, 0) is 29.0 Å². The topological polar surface area (TPSA) is 139 Å². The highest BCUT2D eigenvalue weighted by atomic mass is 35.5. The van der Waals surface area contributed by atoms with Gasteiger partial charge in [-0.15, -0.1) is 0 Å². The molecule has 3 heterocycles. The van der Waals surface area contributed by atoms with Crippen LogP contribution in [0.25, 0.3) is 39.0 Å². The third kappa shape index (κ3) is 6.37. The van der Waals surface area contributed by atoms with E-state index in [1.54, 1.807) is 16.8 Å². The highest BCUT2D eigenvalue weighted by Gasteiger charge is 2.32. The lowest BCUT2D eigenvalue weighted by atomic mass is 9.90. The molecule has 1 aliphatic carbocycles.